The van der Waals surface area contributed by atoms with Crippen molar-refractivity contribution in [1.29, 1.82) is 0 Å². The molecular formula is C31H26F4N4O5. The van der Waals surface area contributed by atoms with Crippen LogP contribution in [0.1, 0.15) is 41.4 Å². The number of nitrogens with zero attached hydrogens (tertiary/aromatic N) is 2. The smallest absolute Gasteiger partial charge is 0.274 e. The van der Waals surface area contributed by atoms with Crippen molar-refractivity contribution in [3.8, 4) is 22.8 Å². The molecule has 2 amide bonds. The number of ether oxygens (including phenoxy) is 2. The van der Waals surface area contributed by atoms with Crippen LogP contribution in [0, 0.1) is 11.6 Å². The molecule has 0 bridgehead atoms. The highest BCUT2D eigenvalue weighted by molar-refractivity contribution is 6.00. The van der Waals surface area contributed by atoms with E-state index in [1.165, 1.54) is 31.2 Å². The first-order valence-corrected chi connectivity index (χ1v) is 13.7. The second kappa shape index (κ2) is 10.7. The molecule has 9 nitrogen and oxygen atoms in total. The fourth-order valence-electron chi connectivity index (χ4n) is 4.99. The van der Waals surface area contributed by atoms with Crippen molar-refractivity contribution in [3.63, 3.8) is 0 Å². The number of primary amides is 1. The molecule has 1 aliphatic heterocycles. The van der Waals surface area contributed by atoms with E-state index >= 15 is 0 Å². The van der Waals surface area contributed by atoms with Gasteiger partial charge in [-0.25, -0.2) is 27.5 Å². The molecule has 1 aliphatic carbocycles. The van der Waals surface area contributed by atoms with Gasteiger partial charge in [-0.15, -0.1) is 0 Å². The van der Waals surface area contributed by atoms with Crippen molar-refractivity contribution < 1.29 is 41.7 Å². The SMILES string of the molecule is C[C@]1(C(N)=O)COc2c1cc(C(O)(CNC(=O)c1cc(OC3CC3)c3ncc(F)cc3c1)C(F)F)nc2-c1ccc(F)cc1. The summed E-state index contributed by atoms with van der Waals surface area (Å²) in [5.74, 6) is -2.57. The number of aromatic nitrogens is 2. The van der Waals surface area contributed by atoms with Crippen molar-refractivity contribution in [1.82, 2.24) is 15.3 Å². The van der Waals surface area contributed by atoms with E-state index in [-0.39, 0.29) is 52.0 Å². The molecule has 4 aromatic rings. The number of hydrogen-bond acceptors (Lipinski definition) is 7. The summed E-state index contributed by atoms with van der Waals surface area (Å²) in [4.78, 5) is 34.0. The molecule has 1 fully saturated rings. The third-order valence-corrected chi connectivity index (χ3v) is 7.85. The van der Waals surface area contributed by atoms with Gasteiger partial charge in [0.1, 0.15) is 46.4 Å². The van der Waals surface area contributed by atoms with Crippen LogP contribution in [-0.2, 0) is 15.8 Å². The Morgan fingerprint density at radius 2 is 1.89 bits per heavy atom. The first kappa shape index (κ1) is 29.3. The number of alkyl halides is 2. The van der Waals surface area contributed by atoms with Crippen LogP contribution < -0.4 is 20.5 Å². The molecule has 228 valence electrons. The molecule has 13 heteroatoms. The van der Waals surface area contributed by atoms with E-state index in [0.717, 1.165) is 43.3 Å². The molecule has 0 radical (unpaired) electrons. The molecule has 6 rings (SSSR count). The number of fused-ring (bicyclic) bond motifs is 2. The van der Waals surface area contributed by atoms with E-state index in [1.807, 2.05) is 0 Å². The second-order valence-corrected chi connectivity index (χ2v) is 11.1. The molecular weight excluding hydrogens is 584 g/mol. The first-order chi connectivity index (χ1) is 20.9. The molecule has 2 aliphatic rings. The Balaban J connectivity index is 1.38. The predicted octanol–water partition coefficient (Wildman–Crippen LogP) is 4.13. The van der Waals surface area contributed by atoms with Crippen molar-refractivity contribution >= 4 is 22.7 Å². The predicted molar refractivity (Wildman–Crippen MR) is 149 cm³/mol. The summed E-state index contributed by atoms with van der Waals surface area (Å²) in [6, 6.07) is 9.91. The number of pyridine rings is 2. The Bertz CT molecular complexity index is 1800. The van der Waals surface area contributed by atoms with Crippen LogP contribution in [0.5, 0.6) is 11.5 Å². The number of benzene rings is 2. The summed E-state index contributed by atoms with van der Waals surface area (Å²) in [6.45, 7) is 0.232. The van der Waals surface area contributed by atoms with E-state index in [1.54, 1.807) is 0 Å². The highest BCUT2D eigenvalue weighted by Gasteiger charge is 2.48. The summed E-state index contributed by atoms with van der Waals surface area (Å²) < 4.78 is 68.6. The van der Waals surface area contributed by atoms with Crippen LogP contribution in [0.15, 0.2) is 54.7 Å². The van der Waals surface area contributed by atoms with Crippen LogP contribution in [0.3, 0.4) is 0 Å². The quantitative estimate of drug-likeness (QED) is 0.243. The van der Waals surface area contributed by atoms with Crippen molar-refractivity contribution in [2.45, 2.75) is 43.3 Å². The number of rotatable bonds is 9. The number of carbonyl (C=O) groups is 2. The lowest BCUT2D eigenvalue weighted by Gasteiger charge is -2.29. The molecule has 0 saturated heterocycles. The Morgan fingerprint density at radius 1 is 1.16 bits per heavy atom. The number of nitrogens with two attached hydrogens (primary N) is 1. The summed E-state index contributed by atoms with van der Waals surface area (Å²) in [5, 5.41) is 14.0. The van der Waals surface area contributed by atoms with Gasteiger partial charge in [0, 0.05) is 22.1 Å². The van der Waals surface area contributed by atoms with Gasteiger partial charge in [0.15, 0.2) is 5.60 Å². The number of halogens is 4. The lowest BCUT2D eigenvalue weighted by atomic mass is 9.82. The van der Waals surface area contributed by atoms with Gasteiger partial charge in [-0.1, -0.05) is 0 Å². The standard InChI is InChI=1S/C31H26F4N4O5/c1-30(29(36)41)14-43-26-21(30)11-23(39-25(26)15-2-4-18(32)5-3-15)31(42,28(34)35)13-38-27(40)17-8-16-9-19(33)12-37-24(16)22(10-17)44-20-6-7-20/h2-5,8-12,20,28,42H,6-7,13-14H2,1H3,(H2,36,41)(H,38,40)/t30-,31?/m0/s1. The van der Waals surface area contributed by atoms with E-state index in [0.29, 0.717) is 5.52 Å². The first-order valence-electron chi connectivity index (χ1n) is 13.7. The number of nitrogens with one attached hydrogen (secondary N) is 1. The normalized spacial score (nSPS) is 18.9. The number of aliphatic hydroxyl groups is 1. The average Bonchev–Trinajstić information content (AvgIpc) is 3.75. The van der Waals surface area contributed by atoms with Gasteiger partial charge < -0.3 is 25.6 Å². The van der Waals surface area contributed by atoms with Gasteiger partial charge in [0.2, 0.25) is 5.91 Å². The summed E-state index contributed by atoms with van der Waals surface area (Å²) in [7, 11) is 0. The minimum atomic E-state index is -3.47. The van der Waals surface area contributed by atoms with Gasteiger partial charge >= 0.3 is 0 Å². The van der Waals surface area contributed by atoms with Gasteiger partial charge in [-0.3, -0.25) is 9.59 Å². The van der Waals surface area contributed by atoms with Crippen molar-refractivity contribution in [3.05, 3.63) is 83.2 Å². The lowest BCUT2D eigenvalue weighted by Crippen LogP contribution is -2.47. The zero-order chi connectivity index (χ0) is 31.4. The third kappa shape index (κ3) is 5.17. The van der Waals surface area contributed by atoms with Gasteiger partial charge in [-0.05, 0) is 68.3 Å². The zero-order valence-corrected chi connectivity index (χ0v) is 23.2. The second-order valence-electron chi connectivity index (χ2n) is 11.1. The molecule has 2 atom stereocenters. The fraction of sp³-hybridized carbons (Fsp3) is 0.290. The van der Waals surface area contributed by atoms with Gasteiger partial charge in [0.05, 0.1) is 24.5 Å². The van der Waals surface area contributed by atoms with E-state index in [2.05, 4.69) is 15.3 Å². The van der Waals surface area contributed by atoms with Crippen LogP contribution in [-0.4, -0.2) is 52.6 Å². The van der Waals surface area contributed by atoms with Crippen LogP contribution in [0.2, 0.25) is 0 Å². The zero-order valence-electron chi connectivity index (χ0n) is 23.2. The molecule has 3 heterocycles. The molecule has 4 N–H and O–H groups in total. The fourth-order valence-corrected chi connectivity index (χ4v) is 4.99. The minimum absolute atomic E-state index is 0.0289. The minimum Gasteiger partial charge on any atom is -0.489 e. The summed E-state index contributed by atoms with van der Waals surface area (Å²) in [5.41, 5.74) is 1.17. The number of carbonyl (C=O) groups excluding carboxylic acids is 2. The van der Waals surface area contributed by atoms with E-state index < -0.39 is 53.1 Å². The lowest BCUT2D eigenvalue weighted by molar-refractivity contribution is -0.123. The molecule has 44 heavy (non-hydrogen) atoms. The maximum absolute atomic E-state index is 14.7. The molecule has 1 saturated carbocycles. The van der Waals surface area contributed by atoms with Crippen molar-refractivity contribution in [2.24, 2.45) is 5.73 Å². The van der Waals surface area contributed by atoms with E-state index in [4.69, 9.17) is 15.2 Å². The van der Waals surface area contributed by atoms with Crippen molar-refractivity contribution in [2.75, 3.05) is 13.2 Å². The highest BCUT2D eigenvalue weighted by Crippen LogP contribution is 2.46. The Kier molecular flexibility index (Phi) is 7.15. The molecule has 2 aromatic carbocycles. The topological polar surface area (TPSA) is 137 Å². The van der Waals surface area contributed by atoms with E-state index in [9.17, 15) is 32.3 Å². The van der Waals surface area contributed by atoms with Crippen LogP contribution in [0.25, 0.3) is 22.2 Å². The Hall–Kier alpha value is -4.78. The molecule has 0 spiro atoms. The monoisotopic (exact) mass is 610 g/mol. The van der Waals surface area contributed by atoms with Crippen LogP contribution in [0.4, 0.5) is 17.6 Å². The van der Waals surface area contributed by atoms with Gasteiger partial charge in [0.25, 0.3) is 12.3 Å². The number of amides is 2. The maximum Gasteiger partial charge on any atom is 0.274 e. The Morgan fingerprint density at radius 3 is 2.55 bits per heavy atom. The maximum atomic E-state index is 14.7. The highest BCUT2D eigenvalue weighted by atomic mass is 19.3. The average molecular weight is 611 g/mol. The molecule has 1 unspecified atom stereocenters. The molecule has 2 aromatic heterocycles. The summed E-state index contributed by atoms with van der Waals surface area (Å²) in [6.07, 6.45) is -0.936. The van der Waals surface area contributed by atoms with Gasteiger partial charge in [-0.2, -0.15) is 0 Å². The Labute approximate surface area is 248 Å². The van der Waals surface area contributed by atoms with Crippen LogP contribution >= 0.6 is 0 Å². The number of hydrogen-bond donors (Lipinski definition) is 3. The summed E-state index contributed by atoms with van der Waals surface area (Å²) >= 11 is 0. The largest absolute Gasteiger partial charge is 0.489 e. The third-order valence-electron chi connectivity index (χ3n) is 7.85.